The van der Waals surface area contributed by atoms with Crippen LogP contribution in [-0.4, -0.2) is 19.9 Å². The van der Waals surface area contributed by atoms with E-state index in [1.807, 2.05) is 0 Å². The summed E-state index contributed by atoms with van der Waals surface area (Å²) >= 11 is 0. The van der Waals surface area contributed by atoms with Gasteiger partial charge in [-0.3, -0.25) is 0 Å². The van der Waals surface area contributed by atoms with E-state index in [2.05, 4.69) is 81.4 Å². The molecule has 2 saturated carbocycles. The van der Waals surface area contributed by atoms with E-state index < -0.39 is 0 Å². The van der Waals surface area contributed by atoms with Crippen molar-refractivity contribution in [3.05, 3.63) is 46.6 Å². The van der Waals surface area contributed by atoms with Gasteiger partial charge >= 0.3 is 0 Å². The Morgan fingerprint density at radius 3 is 1.94 bits per heavy atom. The topological polar surface area (TPSA) is 51.6 Å². The van der Waals surface area contributed by atoms with Gasteiger partial charge in [-0.2, -0.15) is 0 Å². The predicted molar refractivity (Wildman–Crippen MR) is 141 cm³/mol. The van der Waals surface area contributed by atoms with E-state index in [-0.39, 0.29) is 21.7 Å². The second-order valence-electron chi connectivity index (χ2n) is 13.9. The maximum Gasteiger partial charge on any atom is 0.134 e. The Morgan fingerprint density at radius 2 is 1.41 bits per heavy atom. The molecule has 2 aliphatic rings. The van der Waals surface area contributed by atoms with Crippen molar-refractivity contribution < 1.29 is 0 Å². The zero-order valence-corrected chi connectivity index (χ0v) is 23.3. The molecule has 0 saturated heterocycles. The van der Waals surface area contributed by atoms with Gasteiger partial charge in [0, 0.05) is 38.7 Å². The highest BCUT2D eigenvalue weighted by atomic mass is 14.9. The molecular weight excluding hydrogens is 416 g/mol. The molecule has 1 unspecified atom stereocenters. The third-order valence-corrected chi connectivity index (χ3v) is 8.32. The van der Waals surface area contributed by atoms with Crippen molar-refractivity contribution in [2.45, 2.75) is 141 Å². The zero-order valence-electron chi connectivity index (χ0n) is 23.3. The highest BCUT2D eigenvalue weighted by molar-refractivity contribution is 5.29. The van der Waals surface area contributed by atoms with Crippen LogP contribution >= 0.6 is 0 Å². The molecular formula is C30H46N4. The summed E-state index contributed by atoms with van der Waals surface area (Å²) in [4.78, 5) is 20.3. The largest absolute Gasteiger partial charge is 0.237 e. The van der Waals surface area contributed by atoms with Gasteiger partial charge in [-0.15, -0.1) is 0 Å². The highest BCUT2D eigenvalue weighted by Gasteiger charge is 2.43. The average molecular weight is 463 g/mol. The summed E-state index contributed by atoms with van der Waals surface area (Å²) in [5.74, 6) is 2.85. The third kappa shape index (κ3) is 5.21. The van der Waals surface area contributed by atoms with Crippen LogP contribution in [0, 0.1) is 0 Å². The van der Waals surface area contributed by atoms with Gasteiger partial charge in [0.1, 0.15) is 11.6 Å². The van der Waals surface area contributed by atoms with Gasteiger partial charge in [0.05, 0.1) is 5.69 Å². The average Bonchev–Trinajstić information content (AvgIpc) is 3.69. The molecule has 0 spiro atoms. The Balaban J connectivity index is 1.57. The van der Waals surface area contributed by atoms with Crippen molar-refractivity contribution in [3.8, 4) is 0 Å². The molecule has 186 valence electrons. The van der Waals surface area contributed by atoms with Crippen molar-refractivity contribution in [2.24, 2.45) is 0 Å². The molecule has 0 N–H and O–H groups in total. The molecule has 0 radical (unpaired) electrons. The SMILES string of the molecule is CC(C)c1cc(C2(C)CC2)nc(C(C)(C)CCC(C)c2cc(C(C)(C)C)nc(C3(C)CC3)n2)n1. The lowest BCUT2D eigenvalue weighted by Crippen LogP contribution is -2.25. The summed E-state index contributed by atoms with van der Waals surface area (Å²) in [6.07, 6.45) is 6.98. The molecule has 0 aromatic carbocycles. The first-order valence-corrected chi connectivity index (χ1v) is 13.4. The Kier molecular flexibility index (Phi) is 6.23. The first kappa shape index (κ1) is 25.3. The molecule has 34 heavy (non-hydrogen) atoms. The second-order valence-corrected chi connectivity index (χ2v) is 13.9. The molecule has 2 heterocycles. The van der Waals surface area contributed by atoms with Crippen LogP contribution in [0.1, 0.15) is 154 Å². The molecule has 1 atom stereocenters. The quantitative estimate of drug-likeness (QED) is 0.404. The van der Waals surface area contributed by atoms with Gasteiger partial charge in [0.15, 0.2) is 0 Å². The number of nitrogens with zero attached hydrogens (tertiary/aromatic N) is 4. The van der Waals surface area contributed by atoms with Crippen molar-refractivity contribution in [3.63, 3.8) is 0 Å². The minimum absolute atomic E-state index is 0.0249. The minimum Gasteiger partial charge on any atom is -0.237 e. The Bertz CT molecular complexity index is 1030. The fourth-order valence-electron chi connectivity index (χ4n) is 4.44. The molecule has 2 aromatic heterocycles. The smallest absolute Gasteiger partial charge is 0.134 e. The van der Waals surface area contributed by atoms with E-state index >= 15 is 0 Å². The minimum atomic E-state index is -0.0790. The van der Waals surface area contributed by atoms with Crippen molar-refractivity contribution >= 4 is 0 Å². The Labute approximate surface area is 207 Å². The van der Waals surface area contributed by atoms with Gasteiger partial charge in [0.25, 0.3) is 0 Å². The fourth-order valence-corrected chi connectivity index (χ4v) is 4.44. The summed E-state index contributed by atoms with van der Waals surface area (Å²) in [6, 6.07) is 4.52. The third-order valence-electron chi connectivity index (χ3n) is 8.32. The van der Waals surface area contributed by atoms with Crippen molar-refractivity contribution in [1.82, 2.24) is 19.9 Å². The first-order valence-electron chi connectivity index (χ1n) is 13.4. The predicted octanol–water partition coefficient (Wildman–Crippen LogP) is 7.65. The van der Waals surface area contributed by atoms with E-state index in [1.54, 1.807) is 0 Å². The molecule has 0 amide bonds. The van der Waals surface area contributed by atoms with Crippen LogP contribution in [0.25, 0.3) is 0 Å². The van der Waals surface area contributed by atoms with Crippen LogP contribution in [-0.2, 0) is 21.7 Å². The number of hydrogen-bond acceptors (Lipinski definition) is 4. The lowest BCUT2D eigenvalue weighted by Gasteiger charge is -2.27. The lowest BCUT2D eigenvalue weighted by atomic mass is 9.82. The van der Waals surface area contributed by atoms with Gasteiger partial charge in [-0.05, 0) is 62.5 Å². The van der Waals surface area contributed by atoms with Crippen LogP contribution in [0.2, 0.25) is 0 Å². The monoisotopic (exact) mass is 462 g/mol. The van der Waals surface area contributed by atoms with Crippen LogP contribution in [0.3, 0.4) is 0 Å². The molecule has 0 bridgehead atoms. The van der Waals surface area contributed by atoms with E-state index in [9.17, 15) is 0 Å². The van der Waals surface area contributed by atoms with Gasteiger partial charge in [-0.1, -0.05) is 69.2 Å². The number of hydrogen-bond donors (Lipinski definition) is 0. The summed E-state index contributed by atoms with van der Waals surface area (Å²) in [7, 11) is 0. The van der Waals surface area contributed by atoms with E-state index in [4.69, 9.17) is 19.9 Å². The van der Waals surface area contributed by atoms with E-state index in [0.29, 0.717) is 11.8 Å². The summed E-state index contributed by atoms with van der Waals surface area (Å²) in [6.45, 7) is 22.8. The van der Waals surface area contributed by atoms with Crippen molar-refractivity contribution in [2.75, 3.05) is 0 Å². The molecule has 4 nitrogen and oxygen atoms in total. The van der Waals surface area contributed by atoms with Crippen molar-refractivity contribution in [1.29, 1.82) is 0 Å². The van der Waals surface area contributed by atoms with Crippen LogP contribution < -0.4 is 0 Å². The van der Waals surface area contributed by atoms with Gasteiger partial charge < -0.3 is 0 Å². The van der Waals surface area contributed by atoms with Crippen LogP contribution in [0.4, 0.5) is 0 Å². The maximum absolute atomic E-state index is 5.14. The normalized spacial score (nSPS) is 19.9. The molecule has 0 aliphatic heterocycles. The lowest BCUT2D eigenvalue weighted by molar-refractivity contribution is 0.408. The maximum atomic E-state index is 5.14. The molecule has 2 aromatic rings. The highest BCUT2D eigenvalue weighted by Crippen LogP contribution is 2.48. The second kappa shape index (κ2) is 8.38. The number of rotatable bonds is 8. The molecule has 2 fully saturated rings. The molecule has 2 aliphatic carbocycles. The zero-order chi connectivity index (χ0) is 25.1. The molecule has 4 rings (SSSR count). The summed E-state index contributed by atoms with van der Waals surface area (Å²) in [5, 5.41) is 0. The summed E-state index contributed by atoms with van der Waals surface area (Å²) in [5.41, 5.74) is 5.17. The standard InChI is InChI=1S/C30H46N4/c1-19(2)21-17-24(29(9)13-14-29)34-25(31-21)28(7,8)12-11-20(3)22-18-23(27(4,5)6)33-26(32-22)30(10)15-16-30/h17-20H,11-16H2,1-10H3. The number of aromatic nitrogens is 4. The van der Waals surface area contributed by atoms with Gasteiger partial charge in [0.2, 0.25) is 0 Å². The summed E-state index contributed by atoms with van der Waals surface area (Å²) < 4.78 is 0. The van der Waals surface area contributed by atoms with E-state index in [0.717, 1.165) is 24.5 Å². The Hall–Kier alpha value is -1.84. The Morgan fingerprint density at radius 1 is 0.794 bits per heavy atom. The first-order chi connectivity index (χ1) is 15.6. The molecule has 4 heteroatoms. The van der Waals surface area contributed by atoms with Crippen LogP contribution in [0.5, 0.6) is 0 Å². The van der Waals surface area contributed by atoms with E-state index in [1.165, 1.54) is 48.5 Å². The van der Waals surface area contributed by atoms with Gasteiger partial charge in [-0.25, -0.2) is 19.9 Å². The fraction of sp³-hybridized carbons (Fsp3) is 0.733. The van der Waals surface area contributed by atoms with Crippen LogP contribution in [0.15, 0.2) is 12.1 Å².